The quantitative estimate of drug-likeness (QED) is 0.617. The molecule has 0 aromatic carbocycles. The lowest BCUT2D eigenvalue weighted by atomic mass is 10.3. The van der Waals surface area contributed by atoms with Gasteiger partial charge in [0, 0.05) is 10.3 Å². The maximum Gasteiger partial charge on any atom is 0.413 e. The molecule has 1 aromatic rings. The third kappa shape index (κ3) is 4.60. The fourth-order valence-electron chi connectivity index (χ4n) is 0.858. The maximum atomic E-state index is 11.7. The van der Waals surface area contributed by atoms with Crippen molar-refractivity contribution in [3.8, 4) is 0 Å². The fourth-order valence-corrected chi connectivity index (χ4v) is 1.66. The van der Waals surface area contributed by atoms with Gasteiger partial charge in [0.1, 0.15) is 0 Å². The predicted molar refractivity (Wildman–Crippen MR) is 51.7 cm³/mol. The molecule has 1 amide bonds. The number of carbonyl (C=O) groups excluding carboxylic acids is 1. The normalized spacial score (nSPS) is 11.7. The highest BCUT2D eigenvalue weighted by Gasteiger charge is 2.27. The standard InChI is InChI=1S/C8H9F3N2O2S/c9-8(10,11)4-15-13-2-6-1-5(3-16-6)7(12)14/h1,3,13H,2,4H2,(H2,12,14). The number of carbonyl (C=O) groups is 1. The van der Waals surface area contributed by atoms with Crippen molar-refractivity contribution in [3.05, 3.63) is 21.9 Å². The van der Waals surface area contributed by atoms with E-state index in [1.54, 1.807) is 0 Å². The van der Waals surface area contributed by atoms with E-state index in [-0.39, 0.29) is 6.54 Å². The summed E-state index contributed by atoms with van der Waals surface area (Å²) in [7, 11) is 0. The third-order valence-corrected chi connectivity index (χ3v) is 2.46. The minimum atomic E-state index is -4.36. The van der Waals surface area contributed by atoms with Crippen LogP contribution in [0.1, 0.15) is 15.2 Å². The predicted octanol–water partition coefficient (Wildman–Crippen LogP) is 1.43. The number of primary amides is 1. The van der Waals surface area contributed by atoms with E-state index < -0.39 is 18.7 Å². The molecule has 8 heteroatoms. The summed E-state index contributed by atoms with van der Waals surface area (Å²) in [6.07, 6.45) is -4.36. The first-order chi connectivity index (χ1) is 7.38. The average Bonchev–Trinajstić information content (AvgIpc) is 2.59. The van der Waals surface area contributed by atoms with Gasteiger partial charge in [-0.2, -0.15) is 18.7 Å². The molecule has 0 aliphatic heterocycles. The van der Waals surface area contributed by atoms with Crippen molar-refractivity contribution < 1.29 is 22.8 Å². The topological polar surface area (TPSA) is 64.4 Å². The second-order valence-corrected chi connectivity index (χ2v) is 3.89. The highest BCUT2D eigenvalue weighted by molar-refractivity contribution is 7.10. The first-order valence-corrected chi connectivity index (χ1v) is 5.05. The Morgan fingerprint density at radius 3 is 2.75 bits per heavy atom. The molecule has 3 N–H and O–H groups in total. The van der Waals surface area contributed by atoms with Gasteiger partial charge in [0.05, 0.1) is 12.1 Å². The van der Waals surface area contributed by atoms with Crippen molar-refractivity contribution in [1.29, 1.82) is 0 Å². The van der Waals surface area contributed by atoms with Gasteiger partial charge < -0.3 is 5.73 Å². The zero-order valence-corrected chi connectivity index (χ0v) is 8.82. The van der Waals surface area contributed by atoms with Crippen LogP contribution in [0.5, 0.6) is 0 Å². The Balaban J connectivity index is 2.30. The molecule has 0 atom stereocenters. The smallest absolute Gasteiger partial charge is 0.366 e. The molecular formula is C8H9F3N2O2S. The number of hydrogen-bond acceptors (Lipinski definition) is 4. The molecule has 0 aliphatic carbocycles. The Bertz CT molecular complexity index is 364. The number of nitrogens with two attached hydrogens (primary N) is 1. The molecule has 4 nitrogen and oxygen atoms in total. The zero-order valence-electron chi connectivity index (χ0n) is 8.00. The average molecular weight is 254 g/mol. The van der Waals surface area contributed by atoms with Gasteiger partial charge >= 0.3 is 6.18 Å². The largest absolute Gasteiger partial charge is 0.413 e. The van der Waals surface area contributed by atoms with E-state index in [2.05, 4.69) is 10.3 Å². The van der Waals surface area contributed by atoms with E-state index >= 15 is 0 Å². The van der Waals surface area contributed by atoms with E-state index in [1.165, 1.54) is 22.8 Å². The van der Waals surface area contributed by atoms with Crippen LogP contribution in [0.2, 0.25) is 0 Å². The lowest BCUT2D eigenvalue weighted by molar-refractivity contribution is -0.190. The lowest BCUT2D eigenvalue weighted by Crippen LogP contribution is -2.24. The summed E-state index contributed by atoms with van der Waals surface area (Å²) in [6, 6.07) is 1.50. The van der Waals surface area contributed by atoms with E-state index in [9.17, 15) is 18.0 Å². The molecule has 0 fully saturated rings. The minimum Gasteiger partial charge on any atom is -0.366 e. The Kier molecular flexibility index (Phi) is 4.27. The van der Waals surface area contributed by atoms with Gasteiger partial charge in [-0.15, -0.1) is 11.3 Å². The summed E-state index contributed by atoms with van der Waals surface area (Å²) in [4.78, 5) is 15.6. The van der Waals surface area contributed by atoms with Crippen LogP contribution in [-0.4, -0.2) is 18.7 Å². The van der Waals surface area contributed by atoms with Gasteiger partial charge in [-0.25, -0.2) is 0 Å². The molecule has 0 unspecified atom stereocenters. The first-order valence-electron chi connectivity index (χ1n) is 4.17. The summed E-state index contributed by atoms with van der Waals surface area (Å²) in [5.74, 6) is -0.571. The lowest BCUT2D eigenvalue weighted by Gasteiger charge is -2.07. The number of halogens is 3. The number of thiophene rings is 1. The maximum absolute atomic E-state index is 11.7. The number of nitrogens with one attached hydrogen (secondary N) is 1. The van der Waals surface area contributed by atoms with Gasteiger partial charge in [0.2, 0.25) is 5.91 Å². The summed E-state index contributed by atoms with van der Waals surface area (Å²) in [5, 5.41) is 1.53. The van der Waals surface area contributed by atoms with Crippen molar-refractivity contribution in [2.75, 3.05) is 6.61 Å². The monoisotopic (exact) mass is 254 g/mol. The van der Waals surface area contributed by atoms with Crippen LogP contribution in [0.3, 0.4) is 0 Å². The van der Waals surface area contributed by atoms with Crippen molar-refractivity contribution in [2.45, 2.75) is 12.7 Å². The third-order valence-electron chi connectivity index (χ3n) is 1.52. The molecule has 90 valence electrons. The highest BCUT2D eigenvalue weighted by Crippen LogP contribution is 2.15. The number of alkyl halides is 3. The van der Waals surface area contributed by atoms with Crippen LogP contribution < -0.4 is 11.2 Å². The van der Waals surface area contributed by atoms with Crippen LogP contribution in [0.4, 0.5) is 13.2 Å². The number of hydroxylamine groups is 1. The second-order valence-electron chi connectivity index (χ2n) is 2.89. The highest BCUT2D eigenvalue weighted by atomic mass is 32.1. The molecule has 1 rings (SSSR count). The van der Waals surface area contributed by atoms with Gasteiger partial charge in [0.25, 0.3) is 0 Å². The SMILES string of the molecule is NC(=O)c1csc(CNOCC(F)(F)F)c1. The van der Waals surface area contributed by atoms with Crippen molar-refractivity contribution in [2.24, 2.45) is 5.73 Å². The molecule has 0 spiro atoms. The van der Waals surface area contributed by atoms with Gasteiger partial charge in [-0.3, -0.25) is 9.63 Å². The van der Waals surface area contributed by atoms with E-state index in [1.807, 2.05) is 0 Å². The van der Waals surface area contributed by atoms with Crippen LogP contribution in [0, 0.1) is 0 Å². The molecule has 0 bridgehead atoms. The summed E-state index contributed by atoms with van der Waals surface area (Å²) in [6.45, 7) is -1.27. The first kappa shape index (κ1) is 12.9. The van der Waals surface area contributed by atoms with Crippen LogP contribution in [0.25, 0.3) is 0 Å². The fraction of sp³-hybridized carbons (Fsp3) is 0.375. The summed E-state index contributed by atoms with van der Waals surface area (Å²) < 4.78 is 35.0. The Morgan fingerprint density at radius 2 is 2.25 bits per heavy atom. The molecular weight excluding hydrogens is 245 g/mol. The summed E-state index contributed by atoms with van der Waals surface area (Å²) in [5.41, 5.74) is 7.49. The molecule has 0 radical (unpaired) electrons. The Hall–Kier alpha value is -1.12. The summed E-state index contributed by atoms with van der Waals surface area (Å²) >= 11 is 1.21. The molecule has 0 aliphatic rings. The molecule has 1 aromatic heterocycles. The van der Waals surface area contributed by atoms with Crippen molar-refractivity contribution in [3.63, 3.8) is 0 Å². The molecule has 0 saturated carbocycles. The number of rotatable bonds is 5. The van der Waals surface area contributed by atoms with Crippen molar-refractivity contribution in [1.82, 2.24) is 5.48 Å². The number of amides is 1. The van der Waals surface area contributed by atoms with Crippen molar-refractivity contribution >= 4 is 17.2 Å². The Labute approximate surface area is 93.1 Å². The molecule has 0 saturated heterocycles. The van der Waals surface area contributed by atoms with Gasteiger partial charge in [-0.1, -0.05) is 0 Å². The molecule has 1 heterocycles. The van der Waals surface area contributed by atoms with Crippen LogP contribution in [0.15, 0.2) is 11.4 Å². The van der Waals surface area contributed by atoms with E-state index in [4.69, 9.17) is 5.73 Å². The molecule has 16 heavy (non-hydrogen) atoms. The number of hydrogen-bond donors (Lipinski definition) is 2. The van der Waals surface area contributed by atoms with E-state index in [0.717, 1.165) is 0 Å². The van der Waals surface area contributed by atoms with Gasteiger partial charge in [0.15, 0.2) is 6.61 Å². The van der Waals surface area contributed by atoms with E-state index in [0.29, 0.717) is 10.4 Å². The zero-order chi connectivity index (χ0) is 12.2. The van der Waals surface area contributed by atoms with Gasteiger partial charge in [-0.05, 0) is 6.07 Å². The van der Waals surface area contributed by atoms with Crippen LogP contribution >= 0.6 is 11.3 Å². The second kappa shape index (κ2) is 5.28. The Morgan fingerprint density at radius 1 is 1.56 bits per heavy atom. The van der Waals surface area contributed by atoms with Crippen LogP contribution in [-0.2, 0) is 11.4 Å². The minimum absolute atomic E-state index is 0.0913.